The number of para-hydroxylation sites is 1. The maximum atomic E-state index is 12.5. The third-order valence-corrected chi connectivity index (χ3v) is 4.49. The van der Waals surface area contributed by atoms with Crippen LogP contribution in [-0.2, 0) is 6.54 Å². The van der Waals surface area contributed by atoms with E-state index in [0.29, 0.717) is 28.6 Å². The van der Waals surface area contributed by atoms with Crippen molar-refractivity contribution in [3.8, 4) is 5.88 Å². The van der Waals surface area contributed by atoms with Gasteiger partial charge >= 0.3 is 0 Å². The quantitative estimate of drug-likeness (QED) is 0.700. The Labute approximate surface area is 154 Å². The lowest BCUT2D eigenvalue weighted by Gasteiger charge is -2.11. The number of ether oxygens (including phenoxy) is 1. The maximum Gasteiger partial charge on any atom is 0.265 e. The van der Waals surface area contributed by atoms with Gasteiger partial charge in [-0.1, -0.05) is 24.3 Å². The van der Waals surface area contributed by atoms with Crippen LogP contribution in [0, 0.1) is 0 Å². The van der Waals surface area contributed by atoms with Gasteiger partial charge in [0.15, 0.2) is 0 Å². The molecule has 2 heterocycles. The molecule has 3 aromatic rings. The summed E-state index contributed by atoms with van der Waals surface area (Å²) in [5.74, 6) is 0.00390. The molecule has 3 rings (SSSR count). The van der Waals surface area contributed by atoms with Crippen LogP contribution in [0.4, 0.5) is 5.69 Å². The van der Waals surface area contributed by atoms with Gasteiger partial charge in [-0.25, -0.2) is 4.98 Å². The molecule has 132 valence electrons. The van der Waals surface area contributed by atoms with Crippen molar-refractivity contribution in [1.29, 1.82) is 0 Å². The highest BCUT2D eigenvalue weighted by Gasteiger charge is 2.14. The van der Waals surface area contributed by atoms with Crippen molar-refractivity contribution in [1.82, 2.24) is 10.3 Å². The second kappa shape index (κ2) is 8.26. The fourth-order valence-electron chi connectivity index (χ4n) is 2.30. The summed E-state index contributed by atoms with van der Waals surface area (Å²) in [6.45, 7) is 0.322. The SMILES string of the molecule is COc1ccc(CNC(=O)c2ccccc2NC(=O)c2cccs2)cn1. The molecule has 0 aliphatic heterocycles. The zero-order valence-corrected chi connectivity index (χ0v) is 14.9. The molecular formula is C19H17N3O3S. The van der Waals surface area contributed by atoms with Crippen molar-refractivity contribution in [2.45, 2.75) is 6.54 Å². The first kappa shape index (κ1) is 17.6. The molecule has 2 aromatic heterocycles. The largest absolute Gasteiger partial charge is 0.481 e. The molecule has 1 aromatic carbocycles. The van der Waals surface area contributed by atoms with E-state index in [0.717, 1.165) is 5.56 Å². The first-order valence-corrected chi connectivity index (χ1v) is 8.76. The number of methoxy groups -OCH3 is 1. The summed E-state index contributed by atoms with van der Waals surface area (Å²) >= 11 is 1.35. The lowest BCUT2D eigenvalue weighted by molar-refractivity contribution is 0.0951. The Kier molecular flexibility index (Phi) is 5.60. The molecule has 0 saturated carbocycles. The molecule has 0 atom stereocenters. The Morgan fingerprint density at radius 3 is 2.62 bits per heavy atom. The minimum atomic E-state index is -0.275. The zero-order valence-electron chi connectivity index (χ0n) is 14.1. The van der Waals surface area contributed by atoms with E-state index in [2.05, 4.69) is 15.6 Å². The molecule has 6 nitrogen and oxygen atoms in total. The summed E-state index contributed by atoms with van der Waals surface area (Å²) in [4.78, 5) is 29.5. The highest BCUT2D eigenvalue weighted by molar-refractivity contribution is 7.12. The monoisotopic (exact) mass is 367 g/mol. The molecule has 2 amide bonds. The Bertz CT molecular complexity index is 893. The molecule has 0 saturated heterocycles. The predicted octanol–water partition coefficient (Wildman–Crippen LogP) is 3.33. The number of carbonyl (C=O) groups excluding carboxylic acids is 2. The number of thiophene rings is 1. The summed E-state index contributed by atoms with van der Waals surface area (Å²) in [6.07, 6.45) is 1.64. The van der Waals surface area contributed by atoms with Crippen LogP contribution in [0.5, 0.6) is 5.88 Å². The molecule has 0 aliphatic rings. The molecular weight excluding hydrogens is 350 g/mol. The number of nitrogens with zero attached hydrogens (tertiary/aromatic N) is 1. The fourth-order valence-corrected chi connectivity index (χ4v) is 2.91. The van der Waals surface area contributed by atoms with E-state index >= 15 is 0 Å². The summed E-state index contributed by atoms with van der Waals surface area (Å²) in [5.41, 5.74) is 1.72. The number of hydrogen-bond donors (Lipinski definition) is 2. The van der Waals surface area contributed by atoms with Gasteiger partial charge in [0.05, 0.1) is 23.2 Å². The smallest absolute Gasteiger partial charge is 0.265 e. The fraction of sp³-hybridized carbons (Fsp3) is 0.105. The minimum absolute atomic E-state index is 0.236. The number of hydrogen-bond acceptors (Lipinski definition) is 5. The second-order valence-corrected chi connectivity index (χ2v) is 6.32. The van der Waals surface area contributed by atoms with Gasteiger partial charge < -0.3 is 15.4 Å². The number of pyridine rings is 1. The van der Waals surface area contributed by atoms with Crippen LogP contribution in [0.1, 0.15) is 25.6 Å². The average Bonchev–Trinajstić information content (AvgIpc) is 3.22. The lowest BCUT2D eigenvalue weighted by Crippen LogP contribution is -2.24. The summed E-state index contributed by atoms with van der Waals surface area (Å²) in [7, 11) is 1.55. The van der Waals surface area contributed by atoms with Gasteiger partial charge in [-0.05, 0) is 29.1 Å². The second-order valence-electron chi connectivity index (χ2n) is 5.37. The van der Waals surface area contributed by atoms with E-state index in [4.69, 9.17) is 4.74 Å². The first-order chi connectivity index (χ1) is 12.7. The van der Waals surface area contributed by atoms with Crippen LogP contribution in [0.3, 0.4) is 0 Å². The van der Waals surface area contributed by atoms with Gasteiger partial charge in [0.1, 0.15) is 0 Å². The number of rotatable bonds is 6. The van der Waals surface area contributed by atoms with Crippen LogP contribution in [-0.4, -0.2) is 23.9 Å². The van der Waals surface area contributed by atoms with Crippen LogP contribution < -0.4 is 15.4 Å². The normalized spacial score (nSPS) is 10.2. The van der Waals surface area contributed by atoms with Crippen molar-refractivity contribution in [2.24, 2.45) is 0 Å². The van der Waals surface area contributed by atoms with Crippen molar-refractivity contribution in [2.75, 3.05) is 12.4 Å². The van der Waals surface area contributed by atoms with Gasteiger partial charge in [0, 0.05) is 18.8 Å². The van der Waals surface area contributed by atoms with E-state index in [-0.39, 0.29) is 11.8 Å². The van der Waals surface area contributed by atoms with Gasteiger partial charge in [0.25, 0.3) is 11.8 Å². The molecule has 0 aliphatic carbocycles. The minimum Gasteiger partial charge on any atom is -0.481 e. The van der Waals surface area contributed by atoms with Crippen molar-refractivity contribution < 1.29 is 14.3 Å². The summed E-state index contributed by atoms with van der Waals surface area (Å²) < 4.78 is 5.01. The van der Waals surface area contributed by atoms with Gasteiger partial charge in [-0.2, -0.15) is 0 Å². The number of aromatic nitrogens is 1. The van der Waals surface area contributed by atoms with Gasteiger partial charge in [0.2, 0.25) is 5.88 Å². The van der Waals surface area contributed by atoms with Crippen molar-refractivity contribution in [3.63, 3.8) is 0 Å². The third-order valence-electron chi connectivity index (χ3n) is 3.62. The Hall–Kier alpha value is -3.19. The molecule has 0 fully saturated rings. The number of carbonyl (C=O) groups is 2. The molecule has 7 heteroatoms. The number of anilines is 1. The highest BCUT2D eigenvalue weighted by atomic mass is 32.1. The van der Waals surface area contributed by atoms with E-state index in [1.807, 2.05) is 11.4 Å². The summed E-state index contributed by atoms with van der Waals surface area (Å²) in [5, 5.41) is 7.45. The van der Waals surface area contributed by atoms with E-state index in [9.17, 15) is 9.59 Å². The van der Waals surface area contributed by atoms with Gasteiger partial charge in [-0.15, -0.1) is 11.3 Å². The first-order valence-electron chi connectivity index (χ1n) is 7.88. The van der Waals surface area contributed by atoms with E-state index in [1.165, 1.54) is 11.3 Å². The Balaban J connectivity index is 1.68. The van der Waals surface area contributed by atoms with Crippen molar-refractivity contribution in [3.05, 3.63) is 76.1 Å². The van der Waals surface area contributed by atoms with Crippen LogP contribution in [0.15, 0.2) is 60.1 Å². The standard InChI is InChI=1S/C19H17N3O3S/c1-25-17-9-8-13(11-20-17)12-21-18(23)14-5-2-3-6-15(14)22-19(24)16-7-4-10-26-16/h2-11H,12H2,1H3,(H,21,23)(H,22,24). The van der Waals surface area contributed by atoms with Crippen LogP contribution >= 0.6 is 11.3 Å². The average molecular weight is 367 g/mol. The Morgan fingerprint density at radius 1 is 1.08 bits per heavy atom. The maximum absolute atomic E-state index is 12.5. The van der Waals surface area contributed by atoms with Crippen molar-refractivity contribution >= 4 is 28.8 Å². The molecule has 0 radical (unpaired) electrons. The van der Waals surface area contributed by atoms with Crippen LogP contribution in [0.2, 0.25) is 0 Å². The molecule has 0 bridgehead atoms. The summed E-state index contributed by atoms with van der Waals surface area (Å²) in [6, 6.07) is 14.0. The van der Waals surface area contributed by atoms with Crippen LogP contribution in [0.25, 0.3) is 0 Å². The number of amides is 2. The highest BCUT2D eigenvalue weighted by Crippen LogP contribution is 2.18. The lowest BCUT2D eigenvalue weighted by atomic mass is 10.1. The van der Waals surface area contributed by atoms with E-state index in [1.54, 1.807) is 55.8 Å². The van der Waals surface area contributed by atoms with E-state index < -0.39 is 0 Å². The number of benzene rings is 1. The van der Waals surface area contributed by atoms with Gasteiger partial charge in [-0.3, -0.25) is 9.59 Å². The third kappa shape index (κ3) is 4.25. The molecule has 26 heavy (non-hydrogen) atoms. The molecule has 0 unspecified atom stereocenters. The molecule has 0 spiro atoms. The Morgan fingerprint density at radius 2 is 1.92 bits per heavy atom. The zero-order chi connectivity index (χ0) is 18.4. The molecule has 2 N–H and O–H groups in total. The number of nitrogens with one attached hydrogen (secondary N) is 2. The topological polar surface area (TPSA) is 80.3 Å². The predicted molar refractivity (Wildman–Crippen MR) is 101 cm³/mol.